The maximum atomic E-state index is 11.8. The third-order valence-electron chi connectivity index (χ3n) is 3.04. The highest BCUT2D eigenvalue weighted by Gasteiger charge is 2.10. The molecular weight excluding hydrogens is 264 g/mol. The van der Waals surface area contributed by atoms with Crippen LogP contribution >= 0.6 is 11.6 Å². The van der Waals surface area contributed by atoms with Crippen molar-refractivity contribution in [2.24, 2.45) is 5.92 Å². The van der Waals surface area contributed by atoms with Gasteiger partial charge < -0.3 is 15.4 Å². The van der Waals surface area contributed by atoms with E-state index in [0.717, 1.165) is 16.5 Å². The summed E-state index contributed by atoms with van der Waals surface area (Å²) in [6.45, 7) is 2.45. The van der Waals surface area contributed by atoms with Gasteiger partial charge in [0.2, 0.25) is 5.91 Å². The number of hydrogen-bond donors (Lipinski definition) is 3. The number of H-pyrrole nitrogens is 1. The summed E-state index contributed by atoms with van der Waals surface area (Å²) in [5.41, 5.74) is 1.87. The van der Waals surface area contributed by atoms with Crippen molar-refractivity contribution in [1.82, 2.24) is 10.3 Å². The van der Waals surface area contributed by atoms with E-state index in [1.54, 1.807) is 0 Å². The lowest BCUT2D eigenvalue weighted by Crippen LogP contribution is -2.30. The van der Waals surface area contributed by atoms with Gasteiger partial charge in [0.15, 0.2) is 0 Å². The van der Waals surface area contributed by atoms with E-state index >= 15 is 0 Å². The minimum atomic E-state index is -0.0452. The molecule has 0 aliphatic heterocycles. The summed E-state index contributed by atoms with van der Waals surface area (Å²) in [6.07, 6.45) is 2.15. The monoisotopic (exact) mass is 280 g/mol. The largest absolute Gasteiger partial charge is 0.396 e. The Bertz CT molecular complexity index is 580. The lowest BCUT2D eigenvalue weighted by molar-refractivity contribution is -0.120. The Balaban J connectivity index is 2.03. The predicted octanol–water partition coefficient (Wildman–Crippen LogP) is 2.11. The second-order valence-corrected chi connectivity index (χ2v) is 5.21. The SMILES string of the molecule is CC(CO)CNC(=O)Cc1c[nH]c2cc(Cl)ccc12. The molecule has 0 bridgehead atoms. The van der Waals surface area contributed by atoms with E-state index in [2.05, 4.69) is 10.3 Å². The Morgan fingerprint density at radius 1 is 1.53 bits per heavy atom. The molecule has 1 atom stereocenters. The van der Waals surface area contributed by atoms with Gasteiger partial charge in [-0.3, -0.25) is 4.79 Å². The van der Waals surface area contributed by atoms with Gasteiger partial charge in [0.25, 0.3) is 0 Å². The zero-order valence-electron chi connectivity index (χ0n) is 10.7. The number of aromatic nitrogens is 1. The summed E-state index contributed by atoms with van der Waals surface area (Å²) < 4.78 is 0. The number of hydrogen-bond acceptors (Lipinski definition) is 2. The van der Waals surface area contributed by atoms with Crippen LogP contribution in [0.15, 0.2) is 24.4 Å². The molecule has 0 radical (unpaired) electrons. The fourth-order valence-corrected chi connectivity index (χ4v) is 2.06. The van der Waals surface area contributed by atoms with E-state index in [1.165, 1.54) is 0 Å². The van der Waals surface area contributed by atoms with Crippen molar-refractivity contribution in [3.8, 4) is 0 Å². The molecule has 3 N–H and O–H groups in total. The Kier molecular flexibility index (Phi) is 4.45. The highest BCUT2D eigenvalue weighted by atomic mass is 35.5. The van der Waals surface area contributed by atoms with Gasteiger partial charge in [0, 0.05) is 35.3 Å². The van der Waals surface area contributed by atoms with Crippen molar-refractivity contribution in [2.75, 3.05) is 13.2 Å². The summed E-state index contributed by atoms with van der Waals surface area (Å²) in [5.74, 6) is 0.0295. The maximum Gasteiger partial charge on any atom is 0.224 e. The topological polar surface area (TPSA) is 65.1 Å². The van der Waals surface area contributed by atoms with Gasteiger partial charge >= 0.3 is 0 Å². The van der Waals surface area contributed by atoms with Gasteiger partial charge in [-0.25, -0.2) is 0 Å². The fourth-order valence-electron chi connectivity index (χ4n) is 1.89. The lowest BCUT2D eigenvalue weighted by Gasteiger charge is -2.09. The Morgan fingerprint density at radius 3 is 3.05 bits per heavy atom. The first-order valence-electron chi connectivity index (χ1n) is 6.23. The van der Waals surface area contributed by atoms with E-state index in [-0.39, 0.29) is 18.4 Å². The first-order chi connectivity index (χ1) is 9.10. The number of benzene rings is 1. The fraction of sp³-hybridized carbons (Fsp3) is 0.357. The second-order valence-electron chi connectivity index (χ2n) is 4.77. The summed E-state index contributed by atoms with van der Waals surface area (Å²) in [4.78, 5) is 14.9. The van der Waals surface area contributed by atoms with E-state index in [4.69, 9.17) is 16.7 Å². The molecule has 1 amide bonds. The van der Waals surface area contributed by atoms with Gasteiger partial charge in [-0.1, -0.05) is 24.6 Å². The van der Waals surface area contributed by atoms with Crippen LogP contribution in [-0.4, -0.2) is 29.1 Å². The number of fused-ring (bicyclic) bond motifs is 1. The third kappa shape index (κ3) is 3.49. The molecule has 102 valence electrons. The average molecular weight is 281 g/mol. The van der Waals surface area contributed by atoms with Crippen LogP contribution < -0.4 is 5.32 Å². The van der Waals surface area contributed by atoms with E-state index in [9.17, 15) is 4.79 Å². The van der Waals surface area contributed by atoms with Crippen LogP contribution in [0.2, 0.25) is 5.02 Å². The van der Waals surface area contributed by atoms with Gasteiger partial charge in [-0.15, -0.1) is 0 Å². The molecule has 0 aliphatic rings. The standard InChI is InChI=1S/C14H17ClN2O2/c1-9(8-18)6-17-14(19)4-10-7-16-13-5-11(15)2-3-12(10)13/h2-3,5,7,9,16,18H,4,6,8H2,1H3,(H,17,19). The molecular formula is C14H17ClN2O2. The summed E-state index contributed by atoms with van der Waals surface area (Å²) in [7, 11) is 0. The Labute approximate surface area is 116 Å². The molecule has 1 aromatic carbocycles. The first-order valence-corrected chi connectivity index (χ1v) is 6.61. The molecule has 0 spiro atoms. The van der Waals surface area contributed by atoms with E-state index < -0.39 is 0 Å². The smallest absolute Gasteiger partial charge is 0.224 e. The van der Waals surface area contributed by atoms with Gasteiger partial charge in [0.1, 0.15) is 0 Å². The van der Waals surface area contributed by atoms with Crippen LogP contribution in [0.3, 0.4) is 0 Å². The van der Waals surface area contributed by atoms with Crippen LogP contribution in [-0.2, 0) is 11.2 Å². The quantitative estimate of drug-likeness (QED) is 0.785. The zero-order chi connectivity index (χ0) is 13.8. The number of nitrogens with one attached hydrogen (secondary N) is 2. The van der Waals surface area contributed by atoms with Crippen molar-refractivity contribution in [3.05, 3.63) is 35.0 Å². The number of aromatic amines is 1. The van der Waals surface area contributed by atoms with Crippen molar-refractivity contribution < 1.29 is 9.90 Å². The third-order valence-corrected chi connectivity index (χ3v) is 3.27. The molecule has 0 saturated heterocycles. The highest BCUT2D eigenvalue weighted by Crippen LogP contribution is 2.22. The van der Waals surface area contributed by atoms with E-state index in [1.807, 2.05) is 31.3 Å². The minimum absolute atomic E-state index is 0.0452. The minimum Gasteiger partial charge on any atom is -0.396 e. The van der Waals surface area contributed by atoms with Gasteiger partial charge in [-0.2, -0.15) is 0 Å². The molecule has 0 aliphatic carbocycles. The highest BCUT2D eigenvalue weighted by molar-refractivity contribution is 6.31. The number of carbonyl (C=O) groups excluding carboxylic acids is 1. The molecule has 5 heteroatoms. The first kappa shape index (κ1) is 13.9. The van der Waals surface area contributed by atoms with Gasteiger partial charge in [0.05, 0.1) is 6.42 Å². The van der Waals surface area contributed by atoms with Crippen LogP contribution in [0.25, 0.3) is 10.9 Å². The van der Waals surface area contributed by atoms with Crippen molar-refractivity contribution in [1.29, 1.82) is 0 Å². The number of rotatable bonds is 5. The molecule has 2 aromatic rings. The molecule has 0 fully saturated rings. The summed E-state index contributed by atoms with van der Waals surface area (Å²) in [6, 6.07) is 5.56. The molecule has 4 nitrogen and oxygen atoms in total. The van der Waals surface area contributed by atoms with Crippen LogP contribution in [0.4, 0.5) is 0 Å². The van der Waals surface area contributed by atoms with Crippen molar-refractivity contribution >= 4 is 28.4 Å². The summed E-state index contributed by atoms with van der Waals surface area (Å²) >= 11 is 5.91. The number of carbonyl (C=O) groups is 1. The Hall–Kier alpha value is -1.52. The zero-order valence-corrected chi connectivity index (χ0v) is 11.5. The average Bonchev–Trinajstić information content (AvgIpc) is 2.78. The molecule has 2 rings (SSSR count). The van der Waals surface area contributed by atoms with Crippen molar-refractivity contribution in [3.63, 3.8) is 0 Å². The maximum absolute atomic E-state index is 11.8. The molecule has 1 unspecified atom stereocenters. The van der Waals surface area contributed by atoms with Crippen molar-refractivity contribution in [2.45, 2.75) is 13.3 Å². The number of amides is 1. The normalized spacial score (nSPS) is 12.6. The van der Waals surface area contributed by atoms with Crippen LogP contribution in [0.1, 0.15) is 12.5 Å². The van der Waals surface area contributed by atoms with Crippen LogP contribution in [0, 0.1) is 5.92 Å². The lowest BCUT2D eigenvalue weighted by atomic mass is 10.1. The van der Waals surface area contributed by atoms with Crippen LogP contribution in [0.5, 0.6) is 0 Å². The number of aliphatic hydroxyl groups is 1. The predicted molar refractivity (Wildman–Crippen MR) is 76.3 cm³/mol. The number of aliphatic hydroxyl groups excluding tert-OH is 1. The molecule has 0 saturated carbocycles. The molecule has 1 heterocycles. The number of halogens is 1. The second kappa shape index (κ2) is 6.08. The van der Waals surface area contributed by atoms with Gasteiger partial charge in [-0.05, 0) is 23.6 Å². The van der Waals surface area contributed by atoms with E-state index in [0.29, 0.717) is 18.0 Å². The molecule has 1 aromatic heterocycles. The Morgan fingerprint density at radius 2 is 2.32 bits per heavy atom. The summed E-state index contributed by atoms with van der Waals surface area (Å²) in [5, 5.41) is 13.4. The molecule has 19 heavy (non-hydrogen) atoms.